The number of hydrogen-bond donors (Lipinski definition) is 1. The van der Waals surface area contributed by atoms with Crippen LogP contribution in [0.3, 0.4) is 0 Å². The maximum absolute atomic E-state index is 10.6. The molecule has 0 unspecified atom stereocenters. The summed E-state index contributed by atoms with van der Waals surface area (Å²) in [6.07, 6.45) is 0.767. The first-order chi connectivity index (χ1) is 7.99. The van der Waals surface area contributed by atoms with Crippen LogP contribution in [0, 0.1) is 0 Å². The van der Waals surface area contributed by atoms with Crippen LogP contribution in [-0.2, 0) is 10.2 Å². The SMILES string of the molecule is CC(C)(CCC(=O)O)c1ccc2c(c1)OCO2. The van der Waals surface area contributed by atoms with Crippen LogP contribution >= 0.6 is 0 Å². The molecule has 1 aromatic rings. The van der Waals surface area contributed by atoms with Crippen molar-refractivity contribution in [3.63, 3.8) is 0 Å². The Morgan fingerprint density at radius 2 is 2.06 bits per heavy atom. The van der Waals surface area contributed by atoms with Crippen LogP contribution in [0.15, 0.2) is 18.2 Å². The molecular weight excluding hydrogens is 220 g/mol. The van der Waals surface area contributed by atoms with E-state index in [2.05, 4.69) is 0 Å². The number of benzene rings is 1. The van der Waals surface area contributed by atoms with Crippen LogP contribution < -0.4 is 9.47 Å². The van der Waals surface area contributed by atoms with E-state index in [4.69, 9.17) is 14.6 Å². The number of aliphatic carboxylic acids is 1. The third-order valence-corrected chi connectivity index (χ3v) is 3.12. The average molecular weight is 236 g/mol. The van der Waals surface area contributed by atoms with Gasteiger partial charge in [-0.1, -0.05) is 19.9 Å². The van der Waals surface area contributed by atoms with Gasteiger partial charge in [0.15, 0.2) is 11.5 Å². The Hall–Kier alpha value is -1.71. The van der Waals surface area contributed by atoms with E-state index >= 15 is 0 Å². The standard InChI is InChI=1S/C13H16O4/c1-13(2,6-5-12(14)15)9-3-4-10-11(7-9)17-8-16-10/h3-4,7H,5-6,8H2,1-2H3,(H,14,15). The van der Waals surface area contributed by atoms with E-state index in [1.165, 1.54) is 0 Å². The molecule has 0 aliphatic carbocycles. The van der Waals surface area contributed by atoms with Gasteiger partial charge in [0.25, 0.3) is 0 Å². The van der Waals surface area contributed by atoms with Crippen molar-refractivity contribution in [3.8, 4) is 11.5 Å². The van der Waals surface area contributed by atoms with Crippen LogP contribution in [0.5, 0.6) is 11.5 Å². The molecule has 1 aliphatic heterocycles. The molecule has 1 N–H and O–H groups in total. The quantitative estimate of drug-likeness (QED) is 0.872. The van der Waals surface area contributed by atoms with Crippen molar-refractivity contribution in [2.45, 2.75) is 32.1 Å². The van der Waals surface area contributed by atoms with Gasteiger partial charge in [-0.15, -0.1) is 0 Å². The summed E-state index contributed by atoms with van der Waals surface area (Å²) in [5.74, 6) is 0.729. The van der Waals surface area contributed by atoms with Gasteiger partial charge in [-0.3, -0.25) is 4.79 Å². The van der Waals surface area contributed by atoms with Gasteiger partial charge in [0.2, 0.25) is 6.79 Å². The lowest BCUT2D eigenvalue weighted by atomic mass is 9.80. The normalized spacial score (nSPS) is 13.8. The van der Waals surface area contributed by atoms with Crippen LogP contribution in [0.25, 0.3) is 0 Å². The Labute approximate surface area is 100 Å². The van der Waals surface area contributed by atoms with Gasteiger partial charge in [-0.25, -0.2) is 0 Å². The molecule has 2 rings (SSSR count). The molecule has 0 fully saturated rings. The zero-order valence-corrected chi connectivity index (χ0v) is 10.0. The van der Waals surface area contributed by atoms with Gasteiger partial charge in [0.1, 0.15) is 0 Å². The van der Waals surface area contributed by atoms with Gasteiger partial charge in [0.05, 0.1) is 0 Å². The molecule has 1 aromatic carbocycles. The van der Waals surface area contributed by atoms with Gasteiger partial charge < -0.3 is 14.6 Å². The summed E-state index contributed by atoms with van der Waals surface area (Å²) in [6, 6.07) is 5.78. The predicted molar refractivity (Wildman–Crippen MR) is 62.5 cm³/mol. The highest BCUT2D eigenvalue weighted by Crippen LogP contribution is 2.37. The summed E-state index contributed by atoms with van der Waals surface area (Å²) in [6.45, 7) is 4.33. The fraction of sp³-hybridized carbons (Fsp3) is 0.462. The number of rotatable bonds is 4. The van der Waals surface area contributed by atoms with Crippen LogP contribution in [0.1, 0.15) is 32.3 Å². The fourth-order valence-corrected chi connectivity index (χ4v) is 1.88. The molecule has 1 heterocycles. The molecule has 4 nitrogen and oxygen atoms in total. The number of fused-ring (bicyclic) bond motifs is 1. The first-order valence-corrected chi connectivity index (χ1v) is 5.61. The lowest BCUT2D eigenvalue weighted by Gasteiger charge is -2.24. The van der Waals surface area contributed by atoms with Crippen LogP contribution in [0.2, 0.25) is 0 Å². The van der Waals surface area contributed by atoms with Crippen molar-refractivity contribution in [3.05, 3.63) is 23.8 Å². The molecule has 0 radical (unpaired) electrons. The third-order valence-electron chi connectivity index (χ3n) is 3.12. The predicted octanol–water partition coefficient (Wildman–Crippen LogP) is 2.56. The smallest absolute Gasteiger partial charge is 0.303 e. The van der Waals surface area contributed by atoms with E-state index in [9.17, 15) is 4.79 Å². The number of ether oxygens (including phenoxy) is 2. The molecule has 4 heteroatoms. The molecule has 0 bridgehead atoms. The highest BCUT2D eigenvalue weighted by Gasteiger charge is 2.24. The second-order valence-corrected chi connectivity index (χ2v) is 4.85. The van der Waals surface area contributed by atoms with E-state index in [1.807, 2.05) is 32.0 Å². The van der Waals surface area contributed by atoms with Crippen molar-refractivity contribution < 1.29 is 19.4 Å². The fourth-order valence-electron chi connectivity index (χ4n) is 1.88. The van der Waals surface area contributed by atoms with E-state index in [1.54, 1.807) is 0 Å². The molecule has 92 valence electrons. The Balaban J connectivity index is 2.18. The monoisotopic (exact) mass is 236 g/mol. The molecule has 0 aromatic heterocycles. The number of hydrogen-bond acceptors (Lipinski definition) is 3. The molecule has 0 spiro atoms. The van der Waals surface area contributed by atoms with E-state index < -0.39 is 5.97 Å². The van der Waals surface area contributed by atoms with Gasteiger partial charge in [-0.2, -0.15) is 0 Å². The molecule has 0 saturated carbocycles. The maximum Gasteiger partial charge on any atom is 0.303 e. The van der Waals surface area contributed by atoms with E-state index in [0.29, 0.717) is 6.42 Å². The number of carbonyl (C=O) groups is 1. The Morgan fingerprint density at radius 1 is 1.35 bits per heavy atom. The van der Waals surface area contributed by atoms with E-state index in [-0.39, 0.29) is 18.6 Å². The minimum Gasteiger partial charge on any atom is -0.481 e. The highest BCUT2D eigenvalue weighted by atomic mass is 16.7. The Morgan fingerprint density at radius 3 is 2.76 bits per heavy atom. The summed E-state index contributed by atoms with van der Waals surface area (Å²) in [5, 5.41) is 8.73. The van der Waals surface area contributed by atoms with Gasteiger partial charge in [-0.05, 0) is 29.5 Å². The van der Waals surface area contributed by atoms with Gasteiger partial charge in [0, 0.05) is 6.42 Å². The van der Waals surface area contributed by atoms with Crippen molar-refractivity contribution in [2.24, 2.45) is 0 Å². The summed E-state index contributed by atoms with van der Waals surface area (Å²) in [7, 11) is 0. The highest BCUT2D eigenvalue weighted by molar-refractivity contribution is 5.66. The second kappa shape index (κ2) is 4.28. The molecule has 0 atom stereocenters. The summed E-state index contributed by atoms with van der Waals surface area (Å²) < 4.78 is 10.6. The van der Waals surface area contributed by atoms with Crippen LogP contribution in [0.4, 0.5) is 0 Å². The molecule has 17 heavy (non-hydrogen) atoms. The molecular formula is C13H16O4. The molecule has 1 aliphatic rings. The topological polar surface area (TPSA) is 55.8 Å². The largest absolute Gasteiger partial charge is 0.481 e. The lowest BCUT2D eigenvalue weighted by molar-refractivity contribution is -0.137. The lowest BCUT2D eigenvalue weighted by Crippen LogP contribution is -2.18. The average Bonchev–Trinajstić information content (AvgIpc) is 2.73. The Kier molecular flexibility index (Phi) is 2.96. The third kappa shape index (κ3) is 2.52. The summed E-state index contributed by atoms with van der Waals surface area (Å²) >= 11 is 0. The minimum absolute atomic E-state index is 0.168. The van der Waals surface area contributed by atoms with Crippen molar-refractivity contribution in [1.82, 2.24) is 0 Å². The number of carboxylic acid groups (broad SMARTS) is 1. The zero-order valence-electron chi connectivity index (χ0n) is 10.0. The summed E-state index contributed by atoms with van der Waals surface area (Å²) in [5.41, 5.74) is 0.891. The molecule has 0 amide bonds. The van der Waals surface area contributed by atoms with Crippen LogP contribution in [-0.4, -0.2) is 17.9 Å². The minimum atomic E-state index is -0.765. The van der Waals surface area contributed by atoms with Crippen molar-refractivity contribution in [2.75, 3.05) is 6.79 Å². The maximum atomic E-state index is 10.6. The van der Waals surface area contributed by atoms with Crippen molar-refractivity contribution >= 4 is 5.97 Å². The number of carboxylic acids is 1. The van der Waals surface area contributed by atoms with Gasteiger partial charge >= 0.3 is 5.97 Å². The zero-order chi connectivity index (χ0) is 12.5. The van der Waals surface area contributed by atoms with Crippen molar-refractivity contribution in [1.29, 1.82) is 0 Å². The summed E-state index contributed by atoms with van der Waals surface area (Å²) in [4.78, 5) is 10.6. The first-order valence-electron chi connectivity index (χ1n) is 5.61. The Bertz CT molecular complexity index is 437. The van der Waals surface area contributed by atoms with E-state index in [0.717, 1.165) is 17.1 Å². The second-order valence-electron chi connectivity index (χ2n) is 4.85. The first kappa shape index (κ1) is 11.8. The molecule has 0 saturated heterocycles.